The molecule has 1 aliphatic heterocycles. The number of aromatic nitrogens is 1. The number of methoxy groups -OCH3 is 1. The van der Waals surface area contributed by atoms with Gasteiger partial charge in [0, 0.05) is 25.7 Å². The molecule has 2 rings (SSSR count). The highest BCUT2D eigenvalue weighted by Crippen LogP contribution is 2.31. The number of aryl methyl sites for hydroxylation is 1. The number of amides is 1. The molecule has 5 nitrogen and oxygen atoms in total. The molecule has 0 unspecified atom stereocenters. The summed E-state index contributed by atoms with van der Waals surface area (Å²) in [6.45, 7) is 8.66. The van der Waals surface area contributed by atoms with Crippen molar-refractivity contribution in [2.24, 2.45) is 0 Å². The average Bonchev–Trinajstić information content (AvgIpc) is 2.45. The summed E-state index contributed by atoms with van der Waals surface area (Å²) >= 11 is 0. The fraction of sp³-hybridized carbons (Fsp3) is 0.625. The number of anilines is 1. The Hall–Kier alpha value is -1.62. The second-order valence-electron chi connectivity index (χ2n) is 6.34. The topological polar surface area (TPSA) is 54.5 Å². The van der Waals surface area contributed by atoms with Crippen LogP contribution in [-0.4, -0.2) is 43.2 Å². The van der Waals surface area contributed by atoms with Crippen LogP contribution in [0.2, 0.25) is 0 Å². The van der Waals surface area contributed by atoms with Crippen LogP contribution in [-0.2, 0) is 11.2 Å². The normalized spacial score (nSPS) is 14.8. The molecular weight excluding hydrogens is 266 g/mol. The van der Waals surface area contributed by atoms with Crippen molar-refractivity contribution in [2.75, 3.05) is 31.7 Å². The largest absolute Gasteiger partial charge is 0.383 e. The first-order chi connectivity index (χ1) is 9.93. The van der Waals surface area contributed by atoms with E-state index in [1.165, 1.54) is 0 Å². The van der Waals surface area contributed by atoms with Crippen LogP contribution < -0.4 is 10.2 Å². The number of ether oxygens (including phenoxy) is 1. The van der Waals surface area contributed by atoms with Crippen molar-refractivity contribution in [3.05, 3.63) is 23.5 Å². The van der Waals surface area contributed by atoms with Gasteiger partial charge < -0.3 is 15.0 Å². The molecule has 0 bridgehead atoms. The zero-order chi connectivity index (χ0) is 15.5. The van der Waals surface area contributed by atoms with E-state index in [2.05, 4.69) is 36.0 Å². The van der Waals surface area contributed by atoms with Crippen LogP contribution in [0, 0.1) is 0 Å². The zero-order valence-electron chi connectivity index (χ0n) is 13.4. The summed E-state index contributed by atoms with van der Waals surface area (Å²) in [6, 6.07) is 3.84. The molecule has 2 heterocycles. The van der Waals surface area contributed by atoms with E-state index >= 15 is 0 Å². The van der Waals surface area contributed by atoms with Gasteiger partial charge in [-0.15, -0.1) is 0 Å². The molecule has 0 spiro atoms. The summed E-state index contributed by atoms with van der Waals surface area (Å²) in [7, 11) is 1.62. The van der Waals surface area contributed by atoms with Crippen LogP contribution in [0.25, 0.3) is 0 Å². The molecule has 1 aliphatic rings. The van der Waals surface area contributed by atoms with E-state index in [1.807, 2.05) is 12.1 Å². The van der Waals surface area contributed by atoms with Crippen LogP contribution in [0.1, 0.15) is 43.4 Å². The number of hydrogen-bond acceptors (Lipinski definition) is 4. The third-order valence-electron chi connectivity index (χ3n) is 3.67. The van der Waals surface area contributed by atoms with Crippen molar-refractivity contribution < 1.29 is 9.53 Å². The van der Waals surface area contributed by atoms with Crippen LogP contribution in [0.15, 0.2) is 12.1 Å². The van der Waals surface area contributed by atoms with Gasteiger partial charge in [-0.2, -0.15) is 0 Å². The summed E-state index contributed by atoms with van der Waals surface area (Å²) in [5.74, 6) is -0.136. The maximum Gasteiger partial charge on any atom is 0.269 e. The molecule has 116 valence electrons. The van der Waals surface area contributed by atoms with Gasteiger partial charge in [-0.1, -0.05) is 0 Å². The van der Waals surface area contributed by atoms with Gasteiger partial charge in [-0.25, -0.2) is 4.98 Å². The number of pyridine rings is 1. The number of fused-ring (bicyclic) bond motifs is 1. The van der Waals surface area contributed by atoms with Crippen molar-refractivity contribution in [1.82, 2.24) is 10.3 Å². The molecule has 1 N–H and O–H groups in total. The predicted molar refractivity (Wildman–Crippen MR) is 83.9 cm³/mol. The first-order valence-electron chi connectivity index (χ1n) is 7.48. The summed E-state index contributed by atoms with van der Waals surface area (Å²) in [5, 5.41) is 2.81. The van der Waals surface area contributed by atoms with Crippen molar-refractivity contribution in [3.8, 4) is 0 Å². The minimum Gasteiger partial charge on any atom is -0.383 e. The van der Waals surface area contributed by atoms with Gasteiger partial charge in [-0.3, -0.25) is 4.79 Å². The third-order valence-corrected chi connectivity index (χ3v) is 3.67. The Balaban J connectivity index is 2.17. The monoisotopic (exact) mass is 291 g/mol. The molecule has 21 heavy (non-hydrogen) atoms. The van der Waals surface area contributed by atoms with Crippen LogP contribution in [0.4, 0.5) is 5.69 Å². The molecule has 0 fully saturated rings. The van der Waals surface area contributed by atoms with Gasteiger partial charge in [0.15, 0.2) is 0 Å². The lowest BCUT2D eigenvalue weighted by Crippen LogP contribution is -2.44. The van der Waals surface area contributed by atoms with Crippen LogP contribution >= 0.6 is 0 Å². The lowest BCUT2D eigenvalue weighted by atomic mass is 9.98. The lowest BCUT2D eigenvalue weighted by molar-refractivity contribution is 0.0932. The van der Waals surface area contributed by atoms with Gasteiger partial charge in [0.1, 0.15) is 5.69 Å². The Labute approximate surface area is 126 Å². The number of rotatable bonds is 4. The maximum atomic E-state index is 12.0. The Morgan fingerprint density at radius 1 is 1.43 bits per heavy atom. The van der Waals surface area contributed by atoms with Crippen LogP contribution in [0.5, 0.6) is 0 Å². The van der Waals surface area contributed by atoms with E-state index in [4.69, 9.17) is 4.74 Å². The molecule has 0 radical (unpaired) electrons. The van der Waals surface area contributed by atoms with E-state index in [1.54, 1.807) is 7.11 Å². The van der Waals surface area contributed by atoms with E-state index in [0.717, 1.165) is 30.8 Å². The molecule has 1 amide bonds. The molecule has 1 aromatic heterocycles. The molecule has 0 saturated carbocycles. The van der Waals surface area contributed by atoms with Crippen LogP contribution in [0.3, 0.4) is 0 Å². The van der Waals surface area contributed by atoms with E-state index < -0.39 is 0 Å². The second-order valence-corrected chi connectivity index (χ2v) is 6.34. The molecule has 0 saturated heterocycles. The molecular formula is C16H25N3O2. The maximum absolute atomic E-state index is 12.0. The van der Waals surface area contributed by atoms with Crippen molar-refractivity contribution in [2.45, 2.75) is 39.2 Å². The number of carbonyl (C=O) groups excluding carboxylic acids is 1. The first-order valence-corrected chi connectivity index (χ1v) is 7.48. The highest BCUT2D eigenvalue weighted by Gasteiger charge is 2.27. The number of hydrogen-bond donors (Lipinski definition) is 1. The summed E-state index contributed by atoms with van der Waals surface area (Å²) in [6.07, 6.45) is 2.01. The predicted octanol–water partition coefficient (Wildman–Crippen LogP) is 2.01. The fourth-order valence-corrected chi connectivity index (χ4v) is 2.63. The minimum absolute atomic E-state index is 0.0685. The Bertz CT molecular complexity index is 509. The summed E-state index contributed by atoms with van der Waals surface area (Å²) < 4.78 is 4.93. The number of nitrogens with zero attached hydrogens (tertiary/aromatic N) is 2. The molecule has 0 atom stereocenters. The van der Waals surface area contributed by atoms with Gasteiger partial charge >= 0.3 is 0 Å². The zero-order valence-corrected chi connectivity index (χ0v) is 13.4. The van der Waals surface area contributed by atoms with E-state index in [0.29, 0.717) is 18.8 Å². The Morgan fingerprint density at radius 2 is 2.19 bits per heavy atom. The Kier molecular flexibility index (Phi) is 4.83. The summed E-state index contributed by atoms with van der Waals surface area (Å²) in [4.78, 5) is 19.0. The number of carbonyl (C=O) groups is 1. The smallest absolute Gasteiger partial charge is 0.269 e. The van der Waals surface area contributed by atoms with Gasteiger partial charge in [0.05, 0.1) is 18.0 Å². The third kappa shape index (κ3) is 3.73. The lowest BCUT2D eigenvalue weighted by Gasteiger charge is -2.41. The summed E-state index contributed by atoms with van der Waals surface area (Å²) in [5.41, 5.74) is 2.73. The Morgan fingerprint density at radius 3 is 2.86 bits per heavy atom. The van der Waals surface area contributed by atoms with Gasteiger partial charge in [-0.05, 0) is 45.7 Å². The minimum atomic E-state index is -0.136. The standard InChI is InChI=1S/C16H25N3O2/c1-16(2,3)19-10-5-6-12-14(19)8-7-13(18-12)15(20)17-9-11-21-4/h7-8H,5-6,9-11H2,1-4H3,(H,17,20). The van der Waals surface area contributed by atoms with Gasteiger partial charge in [0.25, 0.3) is 5.91 Å². The van der Waals surface area contributed by atoms with Crippen molar-refractivity contribution >= 4 is 11.6 Å². The molecule has 1 aromatic rings. The molecule has 0 aliphatic carbocycles. The SMILES string of the molecule is COCCNC(=O)c1ccc2c(n1)CCCN2C(C)(C)C. The van der Waals surface area contributed by atoms with Crippen molar-refractivity contribution in [1.29, 1.82) is 0 Å². The average molecular weight is 291 g/mol. The second kappa shape index (κ2) is 6.43. The molecule has 0 aromatic carbocycles. The van der Waals surface area contributed by atoms with E-state index in [-0.39, 0.29) is 11.4 Å². The quantitative estimate of drug-likeness (QED) is 0.862. The highest BCUT2D eigenvalue weighted by atomic mass is 16.5. The number of nitrogens with one attached hydrogen (secondary N) is 1. The highest BCUT2D eigenvalue weighted by molar-refractivity contribution is 5.92. The first kappa shape index (κ1) is 15.8. The van der Waals surface area contributed by atoms with Gasteiger partial charge in [0.2, 0.25) is 0 Å². The fourth-order valence-electron chi connectivity index (χ4n) is 2.63. The van der Waals surface area contributed by atoms with E-state index in [9.17, 15) is 4.79 Å². The molecule has 5 heteroatoms. The van der Waals surface area contributed by atoms with Crippen molar-refractivity contribution in [3.63, 3.8) is 0 Å².